The molecular formula is C19H23N5O3S. The minimum absolute atomic E-state index is 0.213. The molecule has 0 radical (unpaired) electrons. The number of nitrogens with zero attached hydrogens (tertiary/aromatic N) is 5. The van der Waals surface area contributed by atoms with Gasteiger partial charge in [-0.05, 0) is 31.9 Å². The van der Waals surface area contributed by atoms with Crippen LogP contribution in [-0.2, 0) is 23.6 Å². The highest BCUT2D eigenvalue weighted by Gasteiger charge is 2.21. The Kier molecular flexibility index (Phi) is 5.80. The van der Waals surface area contributed by atoms with Crippen LogP contribution in [0.25, 0.3) is 11.5 Å². The van der Waals surface area contributed by atoms with E-state index in [0.717, 1.165) is 49.0 Å². The van der Waals surface area contributed by atoms with E-state index in [9.17, 15) is 4.79 Å². The van der Waals surface area contributed by atoms with E-state index in [1.54, 1.807) is 18.0 Å². The second-order valence-corrected chi connectivity index (χ2v) is 7.66. The summed E-state index contributed by atoms with van der Waals surface area (Å²) in [6.45, 7) is 4.13. The van der Waals surface area contributed by atoms with Gasteiger partial charge in [-0.1, -0.05) is 23.3 Å². The third kappa shape index (κ3) is 4.14. The number of carbonyl (C=O) groups is 1. The van der Waals surface area contributed by atoms with Crippen LogP contribution in [0.4, 0.5) is 0 Å². The molecule has 3 aromatic rings. The van der Waals surface area contributed by atoms with Crippen LogP contribution in [-0.4, -0.2) is 37.3 Å². The van der Waals surface area contributed by atoms with Crippen LogP contribution in [0.15, 0.2) is 38.6 Å². The maximum absolute atomic E-state index is 12.3. The number of hydrogen-bond donors (Lipinski definition) is 0. The Hall–Kier alpha value is -2.55. The number of carbonyl (C=O) groups excluding carboxylic acids is 1. The molecule has 0 aliphatic carbocycles. The third-order valence-electron chi connectivity index (χ3n) is 4.79. The van der Waals surface area contributed by atoms with Crippen molar-refractivity contribution in [1.29, 1.82) is 0 Å². The van der Waals surface area contributed by atoms with Gasteiger partial charge in [-0.3, -0.25) is 4.79 Å². The lowest BCUT2D eigenvalue weighted by Crippen LogP contribution is -2.31. The van der Waals surface area contributed by atoms with Gasteiger partial charge in [0.15, 0.2) is 16.7 Å². The van der Waals surface area contributed by atoms with Crippen molar-refractivity contribution in [2.45, 2.75) is 56.6 Å². The maximum Gasteiger partial charge on any atom is 0.222 e. The smallest absolute Gasteiger partial charge is 0.222 e. The third-order valence-corrected chi connectivity index (χ3v) is 5.79. The Morgan fingerprint density at radius 1 is 1.21 bits per heavy atom. The Labute approximate surface area is 167 Å². The summed E-state index contributed by atoms with van der Waals surface area (Å²) in [6.07, 6.45) is 5.38. The summed E-state index contributed by atoms with van der Waals surface area (Å²) in [6, 6.07) is 5.52. The quantitative estimate of drug-likeness (QED) is 0.557. The van der Waals surface area contributed by atoms with Gasteiger partial charge < -0.3 is 18.4 Å². The fourth-order valence-corrected chi connectivity index (χ4v) is 4.19. The van der Waals surface area contributed by atoms with E-state index in [-0.39, 0.29) is 5.91 Å². The molecule has 148 valence electrons. The number of rotatable bonds is 7. The van der Waals surface area contributed by atoms with E-state index in [1.807, 2.05) is 23.1 Å². The van der Waals surface area contributed by atoms with Gasteiger partial charge in [0.05, 0.1) is 18.5 Å². The van der Waals surface area contributed by atoms with E-state index >= 15 is 0 Å². The number of likely N-dealkylation sites (tertiary alicyclic amines) is 1. The predicted octanol–water partition coefficient (Wildman–Crippen LogP) is 3.74. The van der Waals surface area contributed by atoms with Gasteiger partial charge in [0.2, 0.25) is 11.7 Å². The van der Waals surface area contributed by atoms with Gasteiger partial charge in [0, 0.05) is 31.3 Å². The van der Waals surface area contributed by atoms with E-state index in [1.165, 1.54) is 0 Å². The number of aromatic nitrogens is 4. The van der Waals surface area contributed by atoms with Crippen molar-refractivity contribution in [3.63, 3.8) is 0 Å². The molecule has 3 aromatic heterocycles. The van der Waals surface area contributed by atoms with Crippen LogP contribution in [0.5, 0.6) is 0 Å². The second-order valence-electron chi connectivity index (χ2n) is 6.72. The van der Waals surface area contributed by atoms with E-state index in [2.05, 4.69) is 26.8 Å². The van der Waals surface area contributed by atoms with E-state index in [0.29, 0.717) is 30.2 Å². The van der Waals surface area contributed by atoms with Crippen molar-refractivity contribution in [3.8, 4) is 11.5 Å². The number of furan rings is 1. The van der Waals surface area contributed by atoms with Gasteiger partial charge >= 0.3 is 0 Å². The molecule has 0 spiro atoms. The molecule has 1 aliphatic rings. The molecule has 0 aromatic carbocycles. The zero-order valence-corrected chi connectivity index (χ0v) is 16.7. The zero-order chi connectivity index (χ0) is 19.3. The highest BCUT2D eigenvalue weighted by atomic mass is 32.2. The topological polar surface area (TPSA) is 90.2 Å². The largest absolute Gasteiger partial charge is 0.461 e. The average molecular weight is 401 g/mol. The number of amides is 1. The van der Waals surface area contributed by atoms with Gasteiger partial charge in [0.25, 0.3) is 0 Å². The molecule has 1 saturated heterocycles. The zero-order valence-electron chi connectivity index (χ0n) is 15.8. The summed E-state index contributed by atoms with van der Waals surface area (Å²) in [4.78, 5) is 14.2. The summed E-state index contributed by atoms with van der Waals surface area (Å²) < 4.78 is 12.7. The normalized spacial score (nSPS) is 15.2. The van der Waals surface area contributed by atoms with Gasteiger partial charge in [-0.15, -0.1) is 10.2 Å². The highest BCUT2D eigenvalue weighted by molar-refractivity contribution is 7.98. The average Bonchev–Trinajstić information content (AvgIpc) is 3.42. The maximum atomic E-state index is 12.3. The predicted molar refractivity (Wildman–Crippen MR) is 103 cm³/mol. The number of thioether (sulfide) groups is 1. The molecule has 0 atom stereocenters. The number of hydrogen-bond acceptors (Lipinski definition) is 7. The second kappa shape index (κ2) is 8.64. The Bertz CT molecular complexity index is 918. The summed E-state index contributed by atoms with van der Waals surface area (Å²) in [5.41, 5.74) is 0.811. The molecule has 9 heteroatoms. The first-order chi connectivity index (χ1) is 13.7. The SMILES string of the molecule is CCn1c(CN2CCCCCC2=O)nnc1SCc1cc(-c2ccco2)on1. The molecule has 4 rings (SSSR count). The highest BCUT2D eigenvalue weighted by Crippen LogP contribution is 2.26. The molecule has 1 fully saturated rings. The lowest BCUT2D eigenvalue weighted by atomic mass is 10.2. The first kappa shape index (κ1) is 18.8. The van der Waals surface area contributed by atoms with Crippen molar-refractivity contribution < 1.29 is 13.7 Å². The van der Waals surface area contributed by atoms with Crippen molar-refractivity contribution in [2.24, 2.45) is 0 Å². The molecule has 8 nitrogen and oxygen atoms in total. The minimum Gasteiger partial charge on any atom is -0.461 e. The van der Waals surface area contributed by atoms with Crippen LogP contribution < -0.4 is 0 Å². The molecule has 28 heavy (non-hydrogen) atoms. The Balaban J connectivity index is 1.42. The lowest BCUT2D eigenvalue weighted by molar-refractivity contribution is -0.131. The van der Waals surface area contributed by atoms with Gasteiger partial charge in [-0.25, -0.2) is 0 Å². The monoisotopic (exact) mass is 401 g/mol. The first-order valence-electron chi connectivity index (χ1n) is 9.56. The Morgan fingerprint density at radius 3 is 2.96 bits per heavy atom. The molecule has 4 heterocycles. The molecule has 0 bridgehead atoms. The van der Waals surface area contributed by atoms with Crippen molar-refractivity contribution in [1.82, 2.24) is 24.8 Å². The van der Waals surface area contributed by atoms with Gasteiger partial charge in [0.1, 0.15) is 0 Å². The van der Waals surface area contributed by atoms with Gasteiger partial charge in [-0.2, -0.15) is 0 Å². The standard InChI is InChI=1S/C19H23N5O3S/c1-2-24-17(12-23-9-5-3-4-8-18(23)25)20-21-19(24)28-13-14-11-16(27-22-14)15-7-6-10-26-15/h6-7,10-11H,2-5,8-9,12-13H2,1H3. The fourth-order valence-electron chi connectivity index (χ4n) is 3.29. The van der Waals surface area contributed by atoms with Crippen molar-refractivity contribution in [2.75, 3.05) is 6.54 Å². The van der Waals surface area contributed by atoms with Crippen molar-refractivity contribution in [3.05, 3.63) is 36.0 Å². The van der Waals surface area contributed by atoms with Crippen LogP contribution in [0.2, 0.25) is 0 Å². The van der Waals surface area contributed by atoms with Crippen LogP contribution in [0.1, 0.15) is 44.1 Å². The van der Waals surface area contributed by atoms with Crippen molar-refractivity contribution >= 4 is 17.7 Å². The summed E-state index contributed by atoms with van der Waals surface area (Å²) in [5, 5.41) is 13.6. The molecule has 1 amide bonds. The summed E-state index contributed by atoms with van der Waals surface area (Å²) in [5.74, 6) is 2.93. The fraction of sp³-hybridized carbons (Fsp3) is 0.474. The van der Waals surface area contributed by atoms with Crippen LogP contribution >= 0.6 is 11.8 Å². The van der Waals surface area contributed by atoms with E-state index < -0.39 is 0 Å². The minimum atomic E-state index is 0.213. The van der Waals surface area contributed by atoms with Crippen LogP contribution in [0, 0.1) is 0 Å². The molecule has 1 aliphatic heterocycles. The lowest BCUT2D eigenvalue weighted by Gasteiger charge is -2.20. The molecular weight excluding hydrogens is 378 g/mol. The molecule has 0 N–H and O–H groups in total. The summed E-state index contributed by atoms with van der Waals surface area (Å²) in [7, 11) is 0. The first-order valence-corrected chi connectivity index (χ1v) is 10.5. The van der Waals surface area contributed by atoms with Crippen LogP contribution in [0.3, 0.4) is 0 Å². The Morgan fingerprint density at radius 2 is 2.14 bits per heavy atom. The molecule has 0 unspecified atom stereocenters. The van der Waals surface area contributed by atoms with E-state index in [4.69, 9.17) is 8.94 Å². The molecule has 0 saturated carbocycles. The summed E-state index contributed by atoms with van der Waals surface area (Å²) >= 11 is 1.56.